The quantitative estimate of drug-likeness (QED) is 0.643. The largest absolute Gasteiger partial charge is 0.352 e. The van der Waals surface area contributed by atoms with Gasteiger partial charge in [-0.15, -0.1) is 0 Å². The van der Waals surface area contributed by atoms with Gasteiger partial charge in [0, 0.05) is 31.5 Å². The molecule has 0 radical (unpaired) electrons. The van der Waals surface area contributed by atoms with Crippen molar-refractivity contribution >= 4 is 5.82 Å². The fraction of sp³-hybridized carbons (Fsp3) is 0.556. The van der Waals surface area contributed by atoms with Crippen molar-refractivity contribution in [3.05, 3.63) is 22.7 Å². The van der Waals surface area contributed by atoms with E-state index in [-0.39, 0.29) is 11.6 Å². The number of nitrogens with zero attached hydrogens (tertiary/aromatic N) is 2. The van der Waals surface area contributed by atoms with Crippen molar-refractivity contribution in [2.24, 2.45) is 5.73 Å². The van der Waals surface area contributed by atoms with Gasteiger partial charge < -0.3 is 15.6 Å². The van der Waals surface area contributed by atoms with E-state index in [2.05, 4.69) is 9.97 Å². The molecule has 1 fully saturated rings. The van der Waals surface area contributed by atoms with Gasteiger partial charge in [0.2, 0.25) is 0 Å². The van der Waals surface area contributed by atoms with Crippen LogP contribution in [-0.2, 0) is 0 Å². The molecule has 1 saturated heterocycles. The molecule has 0 amide bonds. The van der Waals surface area contributed by atoms with Gasteiger partial charge in [-0.25, -0.2) is 4.98 Å². The molecule has 76 valence electrons. The van der Waals surface area contributed by atoms with Gasteiger partial charge in [-0.2, -0.15) is 0 Å². The van der Waals surface area contributed by atoms with Gasteiger partial charge in [-0.05, 0) is 12.8 Å². The Morgan fingerprint density at radius 3 is 2.86 bits per heavy atom. The Morgan fingerprint density at radius 2 is 2.21 bits per heavy atom. The number of nitrogens with one attached hydrogen (secondary N) is 1. The second-order valence-corrected chi connectivity index (χ2v) is 3.57. The van der Waals surface area contributed by atoms with E-state index in [9.17, 15) is 4.79 Å². The minimum Gasteiger partial charge on any atom is -0.352 e. The van der Waals surface area contributed by atoms with Crippen molar-refractivity contribution < 1.29 is 0 Å². The molecule has 2 rings (SSSR count). The zero-order valence-corrected chi connectivity index (χ0v) is 7.94. The maximum absolute atomic E-state index is 11.4. The van der Waals surface area contributed by atoms with Crippen LogP contribution in [-0.4, -0.2) is 29.1 Å². The zero-order chi connectivity index (χ0) is 9.97. The molecule has 1 aromatic rings. The van der Waals surface area contributed by atoms with E-state index in [0.29, 0.717) is 5.82 Å². The minimum absolute atomic E-state index is 0.122. The number of aromatic amines is 1. The summed E-state index contributed by atoms with van der Waals surface area (Å²) in [6.45, 7) is 1.64. The van der Waals surface area contributed by atoms with Crippen LogP contribution in [0.15, 0.2) is 17.2 Å². The van der Waals surface area contributed by atoms with Crippen LogP contribution in [0.1, 0.15) is 12.8 Å². The van der Waals surface area contributed by atoms with Crippen LogP contribution in [0, 0.1) is 0 Å². The first-order valence-electron chi connectivity index (χ1n) is 4.81. The molecule has 0 saturated carbocycles. The Labute approximate surface area is 82.0 Å². The minimum atomic E-state index is -0.122. The summed E-state index contributed by atoms with van der Waals surface area (Å²) in [5, 5.41) is 0. The first kappa shape index (κ1) is 9.21. The van der Waals surface area contributed by atoms with E-state index in [1.165, 1.54) is 0 Å². The van der Waals surface area contributed by atoms with E-state index in [0.717, 1.165) is 25.9 Å². The molecule has 0 atom stereocenters. The number of rotatable bonds is 1. The van der Waals surface area contributed by atoms with Crippen molar-refractivity contribution in [3.63, 3.8) is 0 Å². The van der Waals surface area contributed by atoms with Crippen LogP contribution in [0.3, 0.4) is 0 Å². The summed E-state index contributed by atoms with van der Waals surface area (Å²) in [7, 11) is 0. The highest BCUT2D eigenvalue weighted by Crippen LogP contribution is 2.12. The molecule has 2 heterocycles. The Balaban J connectivity index is 2.16. The Hall–Kier alpha value is -1.36. The normalized spacial score (nSPS) is 18.5. The van der Waals surface area contributed by atoms with Crippen molar-refractivity contribution in [1.29, 1.82) is 0 Å². The third-order valence-corrected chi connectivity index (χ3v) is 2.53. The van der Waals surface area contributed by atoms with Crippen LogP contribution in [0.5, 0.6) is 0 Å². The van der Waals surface area contributed by atoms with Crippen LogP contribution in [0.25, 0.3) is 0 Å². The molecule has 5 heteroatoms. The molecule has 3 N–H and O–H groups in total. The summed E-state index contributed by atoms with van der Waals surface area (Å²) in [6, 6.07) is 0.272. The number of hydrogen-bond acceptors (Lipinski definition) is 4. The molecule has 0 bridgehead atoms. The summed E-state index contributed by atoms with van der Waals surface area (Å²) in [5.41, 5.74) is 5.66. The fourth-order valence-corrected chi connectivity index (χ4v) is 1.68. The molecule has 0 aromatic carbocycles. The monoisotopic (exact) mass is 194 g/mol. The SMILES string of the molecule is NC1CCN(c2ncc[nH]c2=O)CC1. The van der Waals surface area contributed by atoms with Crippen molar-refractivity contribution in [3.8, 4) is 0 Å². The summed E-state index contributed by atoms with van der Waals surface area (Å²) < 4.78 is 0. The average Bonchev–Trinajstić information content (AvgIpc) is 2.20. The summed E-state index contributed by atoms with van der Waals surface area (Å²) in [6.07, 6.45) is 5.00. The lowest BCUT2D eigenvalue weighted by Crippen LogP contribution is -2.42. The lowest BCUT2D eigenvalue weighted by atomic mass is 10.1. The molecule has 0 aliphatic carbocycles. The number of anilines is 1. The van der Waals surface area contributed by atoms with Gasteiger partial charge in [0.15, 0.2) is 5.82 Å². The first-order valence-corrected chi connectivity index (χ1v) is 4.81. The van der Waals surface area contributed by atoms with Crippen molar-refractivity contribution in [2.45, 2.75) is 18.9 Å². The molecule has 0 spiro atoms. The Kier molecular flexibility index (Phi) is 2.49. The fourth-order valence-electron chi connectivity index (χ4n) is 1.68. The van der Waals surface area contributed by atoms with Gasteiger partial charge in [-0.3, -0.25) is 4.79 Å². The number of piperidine rings is 1. The van der Waals surface area contributed by atoms with Crippen molar-refractivity contribution in [2.75, 3.05) is 18.0 Å². The highest BCUT2D eigenvalue weighted by molar-refractivity contribution is 5.35. The maximum Gasteiger partial charge on any atom is 0.290 e. The molecule has 0 unspecified atom stereocenters. The van der Waals surface area contributed by atoms with E-state index >= 15 is 0 Å². The summed E-state index contributed by atoms with van der Waals surface area (Å²) >= 11 is 0. The third-order valence-electron chi connectivity index (χ3n) is 2.53. The number of nitrogens with two attached hydrogens (primary N) is 1. The maximum atomic E-state index is 11.4. The van der Waals surface area contributed by atoms with Gasteiger partial charge >= 0.3 is 0 Å². The topological polar surface area (TPSA) is 75.0 Å². The summed E-state index contributed by atoms with van der Waals surface area (Å²) in [4.78, 5) is 20.1. The van der Waals surface area contributed by atoms with Crippen LogP contribution < -0.4 is 16.2 Å². The van der Waals surface area contributed by atoms with Crippen LogP contribution >= 0.6 is 0 Å². The van der Waals surface area contributed by atoms with Gasteiger partial charge in [-0.1, -0.05) is 0 Å². The molecule has 14 heavy (non-hydrogen) atoms. The van der Waals surface area contributed by atoms with Crippen LogP contribution in [0.2, 0.25) is 0 Å². The van der Waals surface area contributed by atoms with E-state index in [1.807, 2.05) is 4.90 Å². The van der Waals surface area contributed by atoms with Crippen LogP contribution in [0.4, 0.5) is 5.82 Å². The highest BCUT2D eigenvalue weighted by atomic mass is 16.1. The molecule has 5 nitrogen and oxygen atoms in total. The molecule has 1 aliphatic heterocycles. The number of aromatic nitrogens is 2. The second-order valence-electron chi connectivity index (χ2n) is 3.57. The third kappa shape index (κ3) is 1.77. The smallest absolute Gasteiger partial charge is 0.290 e. The average molecular weight is 194 g/mol. The molecule has 1 aliphatic rings. The highest BCUT2D eigenvalue weighted by Gasteiger charge is 2.18. The van der Waals surface area contributed by atoms with Gasteiger partial charge in [0.1, 0.15) is 0 Å². The molecular weight excluding hydrogens is 180 g/mol. The summed E-state index contributed by atoms with van der Waals surface area (Å²) in [5.74, 6) is 0.513. The zero-order valence-electron chi connectivity index (χ0n) is 7.94. The Morgan fingerprint density at radius 1 is 1.50 bits per heavy atom. The lowest BCUT2D eigenvalue weighted by molar-refractivity contribution is 0.497. The van der Waals surface area contributed by atoms with Gasteiger partial charge in [0.05, 0.1) is 0 Å². The standard InChI is InChI=1S/C9H14N4O/c10-7-1-5-13(6-2-7)8-9(14)12-4-3-11-8/h3-4,7H,1-2,5-6,10H2,(H,12,14). The lowest BCUT2D eigenvalue weighted by Gasteiger charge is -2.30. The Bertz CT molecular complexity index is 354. The predicted octanol–water partition coefficient (Wildman–Crippen LogP) is -0.303. The second kappa shape index (κ2) is 3.79. The van der Waals surface area contributed by atoms with Crippen molar-refractivity contribution in [1.82, 2.24) is 9.97 Å². The van der Waals surface area contributed by atoms with Gasteiger partial charge in [0.25, 0.3) is 5.56 Å². The molecule has 1 aromatic heterocycles. The van der Waals surface area contributed by atoms with E-state index in [4.69, 9.17) is 5.73 Å². The number of hydrogen-bond donors (Lipinski definition) is 2. The number of H-pyrrole nitrogens is 1. The molecular formula is C9H14N4O. The van der Waals surface area contributed by atoms with E-state index in [1.54, 1.807) is 12.4 Å². The first-order chi connectivity index (χ1) is 6.77. The van der Waals surface area contributed by atoms with E-state index < -0.39 is 0 Å². The predicted molar refractivity (Wildman–Crippen MR) is 54.3 cm³/mol.